The summed E-state index contributed by atoms with van der Waals surface area (Å²) in [5.41, 5.74) is 7.68. The van der Waals surface area contributed by atoms with Crippen LogP contribution in [-0.2, 0) is 0 Å². The maximum Gasteiger partial charge on any atom is 0.272 e. The van der Waals surface area contributed by atoms with E-state index in [0.717, 1.165) is 17.3 Å². The number of hydrogen-bond acceptors (Lipinski definition) is 4. The summed E-state index contributed by atoms with van der Waals surface area (Å²) in [5, 5.41) is 10.5. The van der Waals surface area contributed by atoms with Crippen molar-refractivity contribution in [2.75, 3.05) is 18.8 Å². The maximum absolute atomic E-state index is 12.5. The average molecular weight is 285 g/mol. The molecule has 1 aromatic carbocycles. The first kappa shape index (κ1) is 13.8. The Bertz CT molecular complexity index is 684. The molecule has 1 aliphatic heterocycles. The molecule has 3 N–H and O–H groups in total. The van der Waals surface area contributed by atoms with Gasteiger partial charge in [-0.25, -0.2) is 4.98 Å². The summed E-state index contributed by atoms with van der Waals surface area (Å²) in [4.78, 5) is 18.7. The molecule has 3 rings (SSSR count). The van der Waals surface area contributed by atoms with Gasteiger partial charge in [0.15, 0.2) is 0 Å². The Morgan fingerprint density at radius 1 is 1.48 bits per heavy atom. The van der Waals surface area contributed by atoms with Crippen LogP contribution in [0.1, 0.15) is 23.8 Å². The predicted molar refractivity (Wildman–Crippen MR) is 81.8 cm³/mol. The van der Waals surface area contributed by atoms with E-state index in [-0.39, 0.29) is 11.8 Å². The number of likely N-dealkylation sites (tertiary alicyclic amines) is 1. The monoisotopic (exact) mass is 285 g/mol. The standard InChI is InChI=1S/C16H19N3O2/c1-10(20)11-6-7-19(9-11)16(21)15-8-13(17)12-4-2-3-5-14(12)18-15/h2-5,8,10-11,20H,6-7,9H2,1H3,(H2,17,18). The zero-order chi connectivity index (χ0) is 15.0. The van der Waals surface area contributed by atoms with Crippen LogP contribution in [0.25, 0.3) is 10.9 Å². The Labute approximate surface area is 123 Å². The van der Waals surface area contributed by atoms with Crippen molar-refractivity contribution in [1.82, 2.24) is 9.88 Å². The molecule has 5 nitrogen and oxygen atoms in total. The van der Waals surface area contributed by atoms with Crippen molar-refractivity contribution in [1.29, 1.82) is 0 Å². The van der Waals surface area contributed by atoms with Gasteiger partial charge in [-0.05, 0) is 25.5 Å². The number of para-hydroxylation sites is 1. The van der Waals surface area contributed by atoms with E-state index in [1.165, 1.54) is 0 Å². The van der Waals surface area contributed by atoms with E-state index < -0.39 is 6.10 Å². The minimum atomic E-state index is -0.391. The van der Waals surface area contributed by atoms with E-state index in [0.29, 0.717) is 24.5 Å². The third-order valence-corrected chi connectivity index (χ3v) is 4.16. The minimum absolute atomic E-state index is 0.115. The molecule has 0 radical (unpaired) electrons. The Balaban J connectivity index is 1.89. The number of nitrogen functional groups attached to an aromatic ring is 1. The highest BCUT2D eigenvalue weighted by Crippen LogP contribution is 2.24. The zero-order valence-corrected chi connectivity index (χ0v) is 12.0. The van der Waals surface area contributed by atoms with Crippen LogP contribution in [0, 0.1) is 5.92 Å². The van der Waals surface area contributed by atoms with Crippen LogP contribution >= 0.6 is 0 Å². The highest BCUT2D eigenvalue weighted by Gasteiger charge is 2.30. The highest BCUT2D eigenvalue weighted by atomic mass is 16.3. The number of pyridine rings is 1. The van der Waals surface area contributed by atoms with Crippen molar-refractivity contribution in [2.24, 2.45) is 5.92 Å². The number of nitrogens with zero attached hydrogens (tertiary/aromatic N) is 2. The number of carbonyl (C=O) groups is 1. The van der Waals surface area contributed by atoms with E-state index in [1.54, 1.807) is 17.9 Å². The summed E-state index contributed by atoms with van der Waals surface area (Å²) in [6.07, 6.45) is 0.435. The number of nitrogens with two attached hydrogens (primary N) is 1. The largest absolute Gasteiger partial charge is 0.398 e. The van der Waals surface area contributed by atoms with E-state index in [4.69, 9.17) is 5.73 Å². The van der Waals surface area contributed by atoms with Gasteiger partial charge in [0.05, 0.1) is 11.6 Å². The lowest BCUT2D eigenvalue weighted by molar-refractivity contribution is 0.0757. The molecule has 2 atom stereocenters. The van der Waals surface area contributed by atoms with E-state index in [9.17, 15) is 9.90 Å². The molecular weight excluding hydrogens is 266 g/mol. The van der Waals surface area contributed by atoms with Crippen molar-refractivity contribution < 1.29 is 9.90 Å². The molecular formula is C16H19N3O2. The Morgan fingerprint density at radius 3 is 2.95 bits per heavy atom. The van der Waals surface area contributed by atoms with Crippen LogP contribution in [0.15, 0.2) is 30.3 Å². The van der Waals surface area contributed by atoms with Crippen molar-refractivity contribution in [2.45, 2.75) is 19.4 Å². The van der Waals surface area contributed by atoms with Gasteiger partial charge in [-0.1, -0.05) is 18.2 Å². The fraction of sp³-hybridized carbons (Fsp3) is 0.375. The van der Waals surface area contributed by atoms with Crippen LogP contribution in [0.3, 0.4) is 0 Å². The molecule has 1 saturated heterocycles. The summed E-state index contributed by atoms with van der Waals surface area (Å²) in [6.45, 7) is 3.00. The zero-order valence-electron chi connectivity index (χ0n) is 12.0. The molecule has 0 bridgehead atoms. The summed E-state index contributed by atoms with van der Waals surface area (Å²) in [7, 11) is 0. The number of aliphatic hydroxyl groups excluding tert-OH is 1. The second kappa shape index (κ2) is 5.33. The number of hydrogen-bond donors (Lipinski definition) is 2. The molecule has 1 aliphatic rings. The second-order valence-corrected chi connectivity index (χ2v) is 5.65. The minimum Gasteiger partial charge on any atom is -0.398 e. The smallest absolute Gasteiger partial charge is 0.272 e. The summed E-state index contributed by atoms with van der Waals surface area (Å²) >= 11 is 0. The Kier molecular flexibility index (Phi) is 3.51. The predicted octanol–water partition coefficient (Wildman–Crippen LogP) is 1.66. The third kappa shape index (κ3) is 2.56. The number of aromatic nitrogens is 1. The topological polar surface area (TPSA) is 79.5 Å². The highest BCUT2D eigenvalue weighted by molar-refractivity contribution is 5.99. The SMILES string of the molecule is CC(O)C1CCN(C(=O)c2cc(N)c3ccccc3n2)C1. The van der Waals surface area contributed by atoms with Gasteiger partial charge in [-0.2, -0.15) is 0 Å². The molecule has 2 unspecified atom stereocenters. The van der Waals surface area contributed by atoms with Gasteiger partial charge in [-0.3, -0.25) is 4.79 Å². The number of rotatable bonds is 2. The van der Waals surface area contributed by atoms with Gasteiger partial charge in [-0.15, -0.1) is 0 Å². The summed E-state index contributed by atoms with van der Waals surface area (Å²) in [6, 6.07) is 9.16. The van der Waals surface area contributed by atoms with E-state index in [1.807, 2.05) is 24.3 Å². The number of aliphatic hydroxyl groups is 1. The van der Waals surface area contributed by atoms with E-state index >= 15 is 0 Å². The van der Waals surface area contributed by atoms with Gasteiger partial charge >= 0.3 is 0 Å². The molecule has 2 aromatic rings. The van der Waals surface area contributed by atoms with Gasteiger partial charge in [0.2, 0.25) is 0 Å². The average Bonchev–Trinajstić information content (AvgIpc) is 2.96. The van der Waals surface area contributed by atoms with Crippen LogP contribution < -0.4 is 5.73 Å². The lowest BCUT2D eigenvalue weighted by atomic mass is 10.0. The molecule has 21 heavy (non-hydrogen) atoms. The number of benzene rings is 1. The number of amides is 1. The molecule has 0 saturated carbocycles. The van der Waals surface area contributed by atoms with Crippen LogP contribution in [0.5, 0.6) is 0 Å². The number of carbonyl (C=O) groups excluding carboxylic acids is 1. The molecule has 2 heterocycles. The molecule has 0 spiro atoms. The van der Waals surface area contributed by atoms with Gasteiger partial charge in [0.25, 0.3) is 5.91 Å². The molecule has 0 aliphatic carbocycles. The summed E-state index contributed by atoms with van der Waals surface area (Å²) in [5.74, 6) is 0.0300. The first-order chi connectivity index (χ1) is 10.1. The van der Waals surface area contributed by atoms with Crippen LogP contribution in [-0.4, -0.2) is 40.1 Å². The molecule has 110 valence electrons. The molecule has 5 heteroatoms. The number of fused-ring (bicyclic) bond motifs is 1. The van der Waals surface area contributed by atoms with Gasteiger partial charge in [0.1, 0.15) is 5.69 Å². The quantitative estimate of drug-likeness (QED) is 0.879. The van der Waals surface area contributed by atoms with Crippen molar-refractivity contribution in [3.8, 4) is 0 Å². The Hall–Kier alpha value is -2.14. The normalized spacial score (nSPS) is 19.9. The van der Waals surface area contributed by atoms with Crippen molar-refractivity contribution >= 4 is 22.5 Å². The first-order valence-corrected chi connectivity index (χ1v) is 7.19. The van der Waals surface area contributed by atoms with Crippen molar-refractivity contribution in [3.05, 3.63) is 36.0 Å². The maximum atomic E-state index is 12.5. The van der Waals surface area contributed by atoms with Crippen molar-refractivity contribution in [3.63, 3.8) is 0 Å². The fourth-order valence-electron chi connectivity index (χ4n) is 2.84. The fourth-order valence-corrected chi connectivity index (χ4v) is 2.84. The molecule has 1 aromatic heterocycles. The Morgan fingerprint density at radius 2 is 2.24 bits per heavy atom. The molecule has 1 amide bonds. The third-order valence-electron chi connectivity index (χ3n) is 4.16. The van der Waals surface area contributed by atoms with Crippen LogP contribution in [0.2, 0.25) is 0 Å². The lowest BCUT2D eigenvalue weighted by Crippen LogP contribution is -2.31. The molecule has 1 fully saturated rings. The van der Waals surface area contributed by atoms with Gasteiger partial charge < -0.3 is 15.7 Å². The lowest BCUT2D eigenvalue weighted by Gasteiger charge is -2.17. The van der Waals surface area contributed by atoms with Crippen LogP contribution in [0.4, 0.5) is 5.69 Å². The van der Waals surface area contributed by atoms with Gasteiger partial charge in [0, 0.05) is 30.1 Å². The summed E-state index contributed by atoms with van der Waals surface area (Å²) < 4.78 is 0. The number of anilines is 1. The first-order valence-electron chi connectivity index (χ1n) is 7.19. The second-order valence-electron chi connectivity index (χ2n) is 5.65. The van der Waals surface area contributed by atoms with E-state index in [2.05, 4.69) is 4.98 Å².